The van der Waals surface area contributed by atoms with E-state index in [0.29, 0.717) is 18.4 Å². The third-order valence-electron chi connectivity index (χ3n) is 5.15. The Morgan fingerprint density at radius 3 is 2.52 bits per heavy atom. The van der Waals surface area contributed by atoms with Gasteiger partial charge in [-0.25, -0.2) is 0 Å². The van der Waals surface area contributed by atoms with Crippen LogP contribution in [0, 0.1) is 0 Å². The molecule has 0 amide bonds. The molecule has 3 rings (SSSR count). The summed E-state index contributed by atoms with van der Waals surface area (Å²) in [7, 11) is 2.15. The molecule has 5 nitrogen and oxygen atoms in total. The molecule has 0 spiro atoms. The van der Waals surface area contributed by atoms with Crippen LogP contribution in [0.25, 0.3) is 0 Å². The summed E-state index contributed by atoms with van der Waals surface area (Å²) >= 11 is 0. The number of hydrogen-bond donors (Lipinski definition) is 0. The Hall–Kier alpha value is -1.93. The fraction of sp³-hybridized carbons (Fsp3) is 0.579. The topological polar surface area (TPSA) is 22.2 Å². The molecule has 0 aromatic heterocycles. The predicted molar refractivity (Wildman–Crippen MR) is 99.5 cm³/mol. The monoisotopic (exact) mass is 384 g/mol. The number of anilines is 1. The van der Waals surface area contributed by atoms with Crippen LogP contribution in [0.4, 0.5) is 18.9 Å². The van der Waals surface area contributed by atoms with E-state index in [1.165, 1.54) is 12.1 Å². The maximum Gasteiger partial charge on any atom is 0.573 e. The highest BCUT2D eigenvalue weighted by Gasteiger charge is 2.31. The molecule has 0 radical (unpaired) electrons. The van der Waals surface area contributed by atoms with Crippen molar-refractivity contribution in [2.24, 2.45) is 0 Å². The lowest BCUT2D eigenvalue weighted by molar-refractivity contribution is -0.274. The molecule has 2 heterocycles. The summed E-state index contributed by atoms with van der Waals surface area (Å²) < 4.78 is 41.3. The summed E-state index contributed by atoms with van der Waals surface area (Å²) in [5, 5.41) is 0. The van der Waals surface area contributed by atoms with Crippen molar-refractivity contribution in [3.63, 3.8) is 0 Å². The smallest absolute Gasteiger partial charge is 0.406 e. The second kappa shape index (κ2) is 8.39. The van der Waals surface area contributed by atoms with Gasteiger partial charge in [0.05, 0.1) is 6.67 Å². The van der Waals surface area contributed by atoms with Gasteiger partial charge in [-0.1, -0.05) is 13.0 Å². The highest BCUT2D eigenvalue weighted by Crippen LogP contribution is 2.28. The minimum Gasteiger partial charge on any atom is -0.406 e. The van der Waals surface area contributed by atoms with Gasteiger partial charge < -0.3 is 19.4 Å². The van der Waals surface area contributed by atoms with Crippen LogP contribution in [0.3, 0.4) is 0 Å². The van der Waals surface area contributed by atoms with Gasteiger partial charge in [-0.05, 0) is 25.6 Å². The molecule has 1 aromatic carbocycles. The zero-order valence-electron chi connectivity index (χ0n) is 15.8. The normalized spacial score (nSPS) is 20.3. The minimum atomic E-state index is -4.68. The number of likely N-dealkylation sites (N-methyl/N-ethyl adjacent to an activating group) is 1. The number of rotatable bonds is 6. The Balaban J connectivity index is 1.57. The maximum atomic E-state index is 12.4. The summed E-state index contributed by atoms with van der Waals surface area (Å²) in [5.74, 6) is -0.198. The summed E-state index contributed by atoms with van der Waals surface area (Å²) in [4.78, 5) is 9.02. The van der Waals surface area contributed by atoms with Crippen molar-refractivity contribution in [3.05, 3.63) is 36.7 Å². The fourth-order valence-corrected chi connectivity index (χ4v) is 3.57. The second-order valence-corrected chi connectivity index (χ2v) is 7.13. The quantitative estimate of drug-likeness (QED) is 0.749. The average Bonchev–Trinajstić information content (AvgIpc) is 3.08. The zero-order chi connectivity index (χ0) is 19.4. The van der Waals surface area contributed by atoms with Crippen LogP contribution in [0.15, 0.2) is 36.7 Å². The fourth-order valence-electron chi connectivity index (χ4n) is 3.57. The largest absolute Gasteiger partial charge is 0.573 e. The van der Waals surface area contributed by atoms with E-state index in [-0.39, 0.29) is 5.75 Å². The third-order valence-corrected chi connectivity index (χ3v) is 5.15. The molecular formula is C19H27F3N4O. The first-order valence-corrected chi connectivity index (χ1v) is 9.31. The van der Waals surface area contributed by atoms with E-state index in [1.807, 2.05) is 17.3 Å². The summed E-state index contributed by atoms with van der Waals surface area (Å²) in [5.41, 5.74) is 0.683. The van der Waals surface area contributed by atoms with Crippen LogP contribution in [0.1, 0.15) is 13.3 Å². The summed E-state index contributed by atoms with van der Waals surface area (Å²) in [6, 6.07) is 6.57. The lowest BCUT2D eigenvalue weighted by Gasteiger charge is -2.39. The predicted octanol–water partition coefficient (Wildman–Crippen LogP) is 3.16. The second-order valence-electron chi connectivity index (χ2n) is 7.13. The first kappa shape index (κ1) is 19.8. The van der Waals surface area contributed by atoms with E-state index in [4.69, 9.17) is 0 Å². The number of benzene rings is 1. The minimum absolute atomic E-state index is 0.198. The number of piperazine rings is 1. The molecule has 27 heavy (non-hydrogen) atoms. The van der Waals surface area contributed by atoms with Gasteiger partial charge in [-0.3, -0.25) is 4.90 Å². The van der Waals surface area contributed by atoms with Crippen LogP contribution >= 0.6 is 0 Å². The van der Waals surface area contributed by atoms with Crippen molar-refractivity contribution in [1.82, 2.24) is 14.7 Å². The molecule has 1 aromatic rings. The molecule has 1 unspecified atom stereocenters. The lowest BCUT2D eigenvalue weighted by atomic mass is 10.1. The Morgan fingerprint density at radius 2 is 1.85 bits per heavy atom. The lowest BCUT2D eigenvalue weighted by Crippen LogP contribution is -2.51. The molecular weight excluding hydrogens is 357 g/mol. The van der Waals surface area contributed by atoms with Crippen molar-refractivity contribution < 1.29 is 17.9 Å². The van der Waals surface area contributed by atoms with Gasteiger partial charge in [0.1, 0.15) is 5.75 Å². The number of nitrogens with zero attached hydrogens (tertiary/aromatic N) is 4. The molecule has 2 aliphatic rings. The van der Waals surface area contributed by atoms with Crippen molar-refractivity contribution in [2.75, 3.05) is 51.3 Å². The molecule has 150 valence electrons. The highest BCUT2D eigenvalue weighted by molar-refractivity contribution is 5.53. The van der Waals surface area contributed by atoms with Crippen molar-refractivity contribution in [2.45, 2.75) is 25.7 Å². The number of halogens is 3. The van der Waals surface area contributed by atoms with Gasteiger partial charge in [-0.15, -0.1) is 13.2 Å². The highest BCUT2D eigenvalue weighted by atomic mass is 19.4. The molecule has 0 saturated carbocycles. The molecule has 2 aliphatic heterocycles. The van der Waals surface area contributed by atoms with Gasteiger partial charge >= 0.3 is 6.36 Å². The molecule has 0 bridgehead atoms. The van der Waals surface area contributed by atoms with Gasteiger partial charge in [0.15, 0.2) is 0 Å². The van der Waals surface area contributed by atoms with Crippen molar-refractivity contribution in [1.29, 1.82) is 0 Å². The van der Waals surface area contributed by atoms with Crippen LogP contribution in [-0.2, 0) is 0 Å². The zero-order valence-corrected chi connectivity index (χ0v) is 15.8. The maximum absolute atomic E-state index is 12.4. The Bertz CT molecular complexity index is 644. The van der Waals surface area contributed by atoms with Gasteiger partial charge in [-0.2, -0.15) is 0 Å². The van der Waals surface area contributed by atoms with E-state index in [1.54, 1.807) is 12.1 Å². The van der Waals surface area contributed by atoms with E-state index in [9.17, 15) is 13.2 Å². The van der Waals surface area contributed by atoms with Gasteiger partial charge in [0, 0.05) is 62.9 Å². The van der Waals surface area contributed by atoms with Crippen LogP contribution in [-0.4, -0.2) is 73.5 Å². The molecule has 0 N–H and O–H groups in total. The molecule has 0 aliphatic carbocycles. The Labute approximate surface area is 158 Å². The van der Waals surface area contributed by atoms with Crippen LogP contribution in [0.5, 0.6) is 5.75 Å². The van der Waals surface area contributed by atoms with Gasteiger partial charge in [0.25, 0.3) is 0 Å². The Morgan fingerprint density at radius 1 is 1.11 bits per heavy atom. The standard InChI is InChI=1S/C19H27F3N4O/c1-3-16(25-10-7-23(2)8-11-25)14-24-9-12-26(15-24)17-5-4-6-18(13-17)27-19(20,21)22/h4-6,9,12-13,16H,3,7-8,10-11,14-15H2,1-2H3. The average molecular weight is 384 g/mol. The summed E-state index contributed by atoms with van der Waals surface area (Å²) in [6.45, 7) is 8.07. The van der Waals surface area contributed by atoms with Crippen LogP contribution in [0.2, 0.25) is 0 Å². The van der Waals surface area contributed by atoms with Gasteiger partial charge in [0.2, 0.25) is 0 Å². The Kier molecular flexibility index (Phi) is 6.16. The number of hydrogen-bond acceptors (Lipinski definition) is 5. The molecule has 1 saturated heterocycles. The van der Waals surface area contributed by atoms with E-state index in [0.717, 1.165) is 39.1 Å². The number of ether oxygens (including phenoxy) is 1. The van der Waals surface area contributed by atoms with Crippen LogP contribution < -0.4 is 9.64 Å². The SMILES string of the molecule is CCC(CN1C=CN(c2cccc(OC(F)(F)F)c2)C1)N1CCN(C)CC1. The molecule has 1 fully saturated rings. The number of alkyl halides is 3. The van der Waals surface area contributed by atoms with Crippen molar-refractivity contribution >= 4 is 5.69 Å². The first-order valence-electron chi connectivity index (χ1n) is 9.31. The molecule has 8 heteroatoms. The summed E-state index contributed by atoms with van der Waals surface area (Å²) in [6.07, 6.45) is 0.310. The van der Waals surface area contributed by atoms with E-state index in [2.05, 4.69) is 33.4 Å². The first-order chi connectivity index (χ1) is 12.8. The third kappa shape index (κ3) is 5.52. The molecule has 1 atom stereocenters. The van der Waals surface area contributed by atoms with E-state index < -0.39 is 6.36 Å². The van der Waals surface area contributed by atoms with E-state index >= 15 is 0 Å². The van der Waals surface area contributed by atoms with Crippen molar-refractivity contribution in [3.8, 4) is 5.75 Å².